The van der Waals surface area contributed by atoms with Gasteiger partial charge in [-0.05, 0) is 37.8 Å². The van der Waals surface area contributed by atoms with Crippen LogP contribution in [-0.4, -0.2) is 40.1 Å². The van der Waals surface area contributed by atoms with Gasteiger partial charge in [0.2, 0.25) is 0 Å². The summed E-state index contributed by atoms with van der Waals surface area (Å²) in [6.45, 7) is 1.40. The Kier molecular flexibility index (Phi) is 4.48. The highest BCUT2D eigenvalue weighted by molar-refractivity contribution is 5.94. The first-order valence-corrected chi connectivity index (χ1v) is 8.68. The first-order chi connectivity index (χ1) is 12.2. The average Bonchev–Trinajstić information content (AvgIpc) is 3.39. The van der Waals surface area contributed by atoms with Crippen LogP contribution in [0.25, 0.3) is 0 Å². The van der Waals surface area contributed by atoms with Crippen molar-refractivity contribution in [1.29, 1.82) is 0 Å². The van der Waals surface area contributed by atoms with Crippen molar-refractivity contribution in [3.63, 3.8) is 0 Å². The highest BCUT2D eigenvalue weighted by Crippen LogP contribution is 2.38. The van der Waals surface area contributed by atoms with Crippen molar-refractivity contribution >= 4 is 5.91 Å². The lowest BCUT2D eigenvalue weighted by Crippen LogP contribution is -2.41. The van der Waals surface area contributed by atoms with Crippen LogP contribution >= 0.6 is 0 Å². The summed E-state index contributed by atoms with van der Waals surface area (Å²) in [7, 11) is 0. The monoisotopic (exact) mass is 345 g/mol. The fourth-order valence-corrected chi connectivity index (χ4v) is 3.05. The molecule has 1 aliphatic carbocycles. The largest absolute Gasteiger partial charge is 0.368 e. The number of carbonyl (C=O) groups is 1. The molecule has 25 heavy (non-hydrogen) atoms. The quantitative estimate of drug-likeness (QED) is 0.833. The van der Waals surface area contributed by atoms with Crippen LogP contribution in [0.15, 0.2) is 28.8 Å². The van der Waals surface area contributed by atoms with Gasteiger partial charge in [-0.25, -0.2) is 4.39 Å². The molecular formula is C18H20FN3O3. The summed E-state index contributed by atoms with van der Waals surface area (Å²) in [5.41, 5.74) is 0.125. The maximum absolute atomic E-state index is 13.7. The molecule has 1 amide bonds. The van der Waals surface area contributed by atoms with E-state index in [0.717, 1.165) is 18.7 Å². The van der Waals surface area contributed by atoms with Gasteiger partial charge >= 0.3 is 0 Å². The second kappa shape index (κ2) is 6.92. The molecule has 0 N–H and O–H groups in total. The smallest absolute Gasteiger partial charge is 0.256 e. The molecule has 1 saturated carbocycles. The van der Waals surface area contributed by atoms with Crippen molar-refractivity contribution in [2.45, 2.75) is 44.3 Å². The summed E-state index contributed by atoms with van der Waals surface area (Å²) >= 11 is 0. The van der Waals surface area contributed by atoms with Crippen LogP contribution in [0, 0.1) is 5.82 Å². The minimum Gasteiger partial charge on any atom is -0.368 e. The van der Waals surface area contributed by atoms with Crippen molar-refractivity contribution in [1.82, 2.24) is 15.0 Å². The Bertz CT molecular complexity index is 752. The van der Waals surface area contributed by atoms with E-state index < -0.39 is 5.82 Å². The topological polar surface area (TPSA) is 68.5 Å². The van der Waals surface area contributed by atoms with Crippen molar-refractivity contribution in [2.75, 3.05) is 13.1 Å². The highest BCUT2D eigenvalue weighted by Gasteiger charge is 2.29. The van der Waals surface area contributed by atoms with E-state index in [0.29, 0.717) is 44.3 Å². The maximum Gasteiger partial charge on any atom is 0.256 e. The lowest BCUT2D eigenvalue weighted by molar-refractivity contribution is -0.00985. The van der Waals surface area contributed by atoms with Crippen LogP contribution in [0.4, 0.5) is 4.39 Å². The van der Waals surface area contributed by atoms with Gasteiger partial charge in [-0.1, -0.05) is 17.3 Å². The Morgan fingerprint density at radius 1 is 1.24 bits per heavy atom. The van der Waals surface area contributed by atoms with Gasteiger partial charge in [-0.15, -0.1) is 0 Å². The summed E-state index contributed by atoms with van der Waals surface area (Å²) in [6.07, 6.45) is 3.73. The van der Waals surface area contributed by atoms with Gasteiger partial charge in [0, 0.05) is 19.0 Å². The van der Waals surface area contributed by atoms with Gasteiger partial charge in [-0.3, -0.25) is 4.79 Å². The first kappa shape index (κ1) is 16.2. The highest BCUT2D eigenvalue weighted by atomic mass is 19.1. The molecule has 1 aromatic carbocycles. The van der Waals surface area contributed by atoms with Crippen molar-refractivity contribution in [2.24, 2.45) is 0 Å². The molecule has 1 aliphatic heterocycles. The number of hydrogen-bond acceptors (Lipinski definition) is 5. The van der Waals surface area contributed by atoms with Crippen molar-refractivity contribution in [3.8, 4) is 0 Å². The number of likely N-dealkylation sites (tertiary alicyclic amines) is 1. The van der Waals surface area contributed by atoms with E-state index in [2.05, 4.69) is 10.1 Å². The number of benzene rings is 1. The Morgan fingerprint density at radius 2 is 2.00 bits per heavy atom. The Balaban J connectivity index is 1.26. The molecule has 7 heteroatoms. The van der Waals surface area contributed by atoms with E-state index in [9.17, 15) is 9.18 Å². The third-order valence-corrected chi connectivity index (χ3v) is 4.70. The Labute approximate surface area is 145 Å². The summed E-state index contributed by atoms with van der Waals surface area (Å²) in [6, 6.07) is 6.08. The molecule has 0 unspecified atom stereocenters. The van der Waals surface area contributed by atoms with Crippen LogP contribution in [0.1, 0.15) is 53.7 Å². The zero-order valence-corrected chi connectivity index (χ0v) is 13.9. The fourth-order valence-electron chi connectivity index (χ4n) is 3.05. The van der Waals surface area contributed by atoms with Crippen LogP contribution in [-0.2, 0) is 11.3 Å². The molecule has 1 saturated heterocycles. The summed E-state index contributed by atoms with van der Waals surface area (Å²) in [5.74, 6) is 1.01. The summed E-state index contributed by atoms with van der Waals surface area (Å²) in [5, 5.41) is 3.96. The molecular weight excluding hydrogens is 325 g/mol. The lowest BCUT2D eigenvalue weighted by Gasteiger charge is -2.31. The minimum atomic E-state index is -0.478. The second-order valence-corrected chi connectivity index (χ2v) is 6.60. The van der Waals surface area contributed by atoms with Crippen LogP contribution in [0.3, 0.4) is 0 Å². The maximum atomic E-state index is 13.7. The molecule has 6 nitrogen and oxygen atoms in total. The number of amides is 1. The molecule has 132 valence electrons. The van der Waals surface area contributed by atoms with E-state index in [4.69, 9.17) is 9.26 Å². The number of hydrogen-bond donors (Lipinski definition) is 0. The number of carbonyl (C=O) groups excluding carboxylic acids is 1. The van der Waals surface area contributed by atoms with Gasteiger partial charge in [0.25, 0.3) is 11.8 Å². The SMILES string of the molecule is O=C(c1ccccc1F)N1CCC(OCc2nc(C3CC3)no2)CC1. The molecule has 0 radical (unpaired) electrons. The van der Waals surface area contributed by atoms with Gasteiger partial charge in [0.1, 0.15) is 12.4 Å². The van der Waals surface area contributed by atoms with Gasteiger partial charge in [0.05, 0.1) is 11.7 Å². The van der Waals surface area contributed by atoms with Crippen molar-refractivity contribution in [3.05, 3.63) is 47.4 Å². The average molecular weight is 345 g/mol. The van der Waals surface area contributed by atoms with Gasteiger partial charge in [-0.2, -0.15) is 4.98 Å². The van der Waals surface area contributed by atoms with Crippen molar-refractivity contribution < 1.29 is 18.4 Å². The fraction of sp³-hybridized carbons (Fsp3) is 0.500. The molecule has 2 fully saturated rings. The first-order valence-electron chi connectivity index (χ1n) is 8.68. The number of ether oxygens (including phenoxy) is 1. The van der Waals surface area contributed by atoms with E-state index in [1.165, 1.54) is 12.1 Å². The number of nitrogens with zero attached hydrogens (tertiary/aromatic N) is 3. The Hall–Kier alpha value is -2.28. The molecule has 0 atom stereocenters. The number of aromatic nitrogens is 2. The molecule has 2 aromatic rings. The van der Waals surface area contributed by atoms with Crippen LogP contribution in [0.2, 0.25) is 0 Å². The third-order valence-electron chi connectivity index (χ3n) is 4.70. The molecule has 1 aromatic heterocycles. The predicted molar refractivity (Wildman–Crippen MR) is 86.4 cm³/mol. The normalized spacial score (nSPS) is 18.5. The number of rotatable bonds is 5. The van der Waals surface area contributed by atoms with Gasteiger partial charge in [0.15, 0.2) is 5.82 Å². The lowest BCUT2D eigenvalue weighted by atomic mass is 10.1. The van der Waals surface area contributed by atoms with E-state index in [-0.39, 0.29) is 17.6 Å². The number of piperidine rings is 1. The standard InChI is InChI=1S/C18H20FN3O3/c19-15-4-2-1-3-14(15)18(23)22-9-7-13(8-10-22)24-11-16-20-17(21-25-16)12-5-6-12/h1-4,12-13H,5-11H2. The van der Waals surface area contributed by atoms with Gasteiger partial charge < -0.3 is 14.2 Å². The van der Waals surface area contributed by atoms with E-state index in [1.807, 2.05) is 0 Å². The predicted octanol–water partition coefficient (Wildman–Crippen LogP) is 2.91. The molecule has 2 heterocycles. The second-order valence-electron chi connectivity index (χ2n) is 6.60. The summed E-state index contributed by atoms with van der Waals surface area (Å²) < 4.78 is 24.8. The van der Waals surface area contributed by atoms with E-state index >= 15 is 0 Å². The van der Waals surface area contributed by atoms with Crippen LogP contribution < -0.4 is 0 Å². The number of halogens is 1. The summed E-state index contributed by atoms with van der Waals surface area (Å²) in [4.78, 5) is 18.4. The zero-order chi connectivity index (χ0) is 17.2. The molecule has 0 spiro atoms. The zero-order valence-electron chi connectivity index (χ0n) is 13.9. The Morgan fingerprint density at radius 3 is 2.72 bits per heavy atom. The minimum absolute atomic E-state index is 0.0425. The van der Waals surface area contributed by atoms with Crippen LogP contribution in [0.5, 0.6) is 0 Å². The molecule has 0 bridgehead atoms. The molecule has 2 aliphatic rings. The molecule has 4 rings (SSSR count). The van der Waals surface area contributed by atoms with E-state index in [1.54, 1.807) is 17.0 Å². The third kappa shape index (κ3) is 3.71.